The van der Waals surface area contributed by atoms with E-state index >= 15 is 0 Å². The molecule has 6 nitrogen and oxygen atoms in total. The topological polar surface area (TPSA) is 95.9 Å². The van der Waals surface area contributed by atoms with Crippen LogP contribution in [0.3, 0.4) is 0 Å². The average Bonchev–Trinajstić information content (AvgIpc) is 3.37. The van der Waals surface area contributed by atoms with Crippen molar-refractivity contribution >= 4 is 11.9 Å². The maximum Gasteiger partial charge on any atom is 0.305 e. The first-order chi connectivity index (χ1) is 35.0. The minimum absolute atomic E-state index is 0.00881. The van der Waals surface area contributed by atoms with Crippen LogP contribution in [0.2, 0.25) is 0 Å². The molecule has 0 saturated heterocycles. The normalized spacial score (nSPS) is 12.7. The van der Waals surface area contributed by atoms with Gasteiger partial charge < -0.3 is 20.3 Å². The smallest absolute Gasteiger partial charge is 0.305 e. The van der Waals surface area contributed by atoms with Crippen molar-refractivity contribution in [1.82, 2.24) is 5.32 Å². The number of aliphatic hydroxyl groups is 2. The number of nitrogens with one attached hydrogen (secondary N) is 1. The molecule has 0 fully saturated rings. The van der Waals surface area contributed by atoms with Crippen molar-refractivity contribution < 1.29 is 24.5 Å². The monoisotopic (exact) mass is 1000 g/mol. The molecule has 0 aliphatic carbocycles. The highest BCUT2D eigenvalue weighted by Crippen LogP contribution is 2.18. The zero-order chi connectivity index (χ0) is 51.4. The fraction of sp³-hybridized carbons (Fsp3) is 0.908. The van der Waals surface area contributed by atoms with E-state index in [1.807, 2.05) is 0 Å². The lowest BCUT2D eigenvalue weighted by Gasteiger charge is -2.22. The molecule has 0 aliphatic heterocycles. The van der Waals surface area contributed by atoms with Crippen LogP contribution in [0, 0.1) is 0 Å². The van der Waals surface area contributed by atoms with Crippen molar-refractivity contribution in [3.63, 3.8) is 0 Å². The van der Waals surface area contributed by atoms with E-state index in [0.29, 0.717) is 25.9 Å². The number of carbonyl (C=O) groups is 2. The van der Waals surface area contributed by atoms with Gasteiger partial charge in [-0.05, 0) is 57.8 Å². The van der Waals surface area contributed by atoms with Crippen LogP contribution in [0.5, 0.6) is 0 Å². The second-order valence-corrected chi connectivity index (χ2v) is 22.1. The molecule has 71 heavy (non-hydrogen) atoms. The maximum absolute atomic E-state index is 12.5. The molecule has 1 amide bonds. The Morgan fingerprint density at radius 2 is 0.704 bits per heavy atom. The summed E-state index contributed by atoms with van der Waals surface area (Å²) in [5, 5.41) is 23.3. The number of esters is 1. The van der Waals surface area contributed by atoms with Crippen molar-refractivity contribution in [2.75, 3.05) is 13.2 Å². The number of hydrogen-bond acceptors (Lipinski definition) is 5. The molecular weight excluding hydrogens is 875 g/mol. The molecule has 0 aliphatic rings. The van der Waals surface area contributed by atoms with Gasteiger partial charge in [-0.25, -0.2) is 0 Å². The lowest BCUT2D eigenvalue weighted by Crippen LogP contribution is -2.45. The summed E-state index contributed by atoms with van der Waals surface area (Å²) in [6.07, 6.45) is 74.8. The highest BCUT2D eigenvalue weighted by atomic mass is 16.5. The molecule has 0 rings (SSSR count). The number of amides is 1. The molecule has 3 N–H and O–H groups in total. The Morgan fingerprint density at radius 1 is 0.394 bits per heavy atom. The van der Waals surface area contributed by atoms with Gasteiger partial charge in [0, 0.05) is 12.8 Å². The molecule has 2 unspecified atom stereocenters. The summed E-state index contributed by atoms with van der Waals surface area (Å²) >= 11 is 0. The molecule has 2 atom stereocenters. The summed E-state index contributed by atoms with van der Waals surface area (Å²) in [5.74, 6) is -0.0253. The van der Waals surface area contributed by atoms with Crippen LogP contribution < -0.4 is 5.32 Å². The Bertz CT molecular complexity index is 1110. The minimum atomic E-state index is -0.664. The number of rotatable bonds is 60. The van der Waals surface area contributed by atoms with Crippen molar-refractivity contribution in [3.05, 3.63) is 24.3 Å². The first-order valence-electron chi connectivity index (χ1n) is 32.1. The van der Waals surface area contributed by atoms with Gasteiger partial charge in [-0.15, -0.1) is 0 Å². The second kappa shape index (κ2) is 60.9. The van der Waals surface area contributed by atoms with E-state index in [1.54, 1.807) is 0 Å². The predicted octanol–water partition coefficient (Wildman–Crippen LogP) is 20.2. The quantitative estimate of drug-likeness (QED) is 0.0320. The molecule has 0 spiro atoms. The Kier molecular flexibility index (Phi) is 59.5. The van der Waals surface area contributed by atoms with E-state index in [0.717, 1.165) is 51.4 Å². The molecule has 6 heteroatoms. The molecule has 0 aromatic carbocycles. The Balaban J connectivity index is 3.36. The Hall–Kier alpha value is -1.66. The van der Waals surface area contributed by atoms with Crippen LogP contribution in [0.15, 0.2) is 24.3 Å². The number of hydrogen-bond donors (Lipinski definition) is 3. The molecule has 420 valence electrons. The van der Waals surface area contributed by atoms with Gasteiger partial charge in [-0.3, -0.25) is 9.59 Å². The summed E-state index contributed by atoms with van der Waals surface area (Å²) < 4.78 is 5.50. The van der Waals surface area contributed by atoms with Crippen molar-refractivity contribution in [1.29, 1.82) is 0 Å². The molecule has 0 saturated carbocycles. The first-order valence-corrected chi connectivity index (χ1v) is 32.1. The summed E-state index contributed by atoms with van der Waals surface area (Å²) in [5.41, 5.74) is 0. The van der Waals surface area contributed by atoms with Gasteiger partial charge in [0.05, 0.1) is 25.4 Å². The van der Waals surface area contributed by atoms with Crippen molar-refractivity contribution in [3.8, 4) is 0 Å². The molecule has 0 radical (unpaired) electrons. The number of carbonyl (C=O) groups excluding carboxylic acids is 2. The minimum Gasteiger partial charge on any atom is -0.466 e. The molecule has 0 aromatic heterocycles. The SMILES string of the molecule is CCCCC/C=C\C/C=C\CCCCCCCCCCCC(=O)OCCCCCCCCCCCCCCCCCCCCCCCC(=O)NC(CO)C(O)CCCCCCCCCCCCCCCC. The van der Waals surface area contributed by atoms with Gasteiger partial charge in [0.2, 0.25) is 5.91 Å². The van der Waals surface area contributed by atoms with Crippen LogP contribution in [-0.4, -0.2) is 47.4 Å². The highest BCUT2D eigenvalue weighted by Gasteiger charge is 2.20. The number of allylic oxidation sites excluding steroid dienone is 4. The van der Waals surface area contributed by atoms with Crippen molar-refractivity contribution in [2.45, 2.75) is 366 Å². The van der Waals surface area contributed by atoms with Gasteiger partial charge in [0.25, 0.3) is 0 Å². The van der Waals surface area contributed by atoms with Crippen molar-refractivity contribution in [2.24, 2.45) is 0 Å². The number of aliphatic hydroxyl groups excluding tert-OH is 2. The Morgan fingerprint density at radius 3 is 1.10 bits per heavy atom. The van der Waals surface area contributed by atoms with E-state index in [4.69, 9.17) is 4.74 Å². The van der Waals surface area contributed by atoms with Gasteiger partial charge in [-0.2, -0.15) is 0 Å². The molecular formula is C65H125NO5. The van der Waals surface area contributed by atoms with E-state index in [-0.39, 0.29) is 18.5 Å². The average molecular weight is 1000 g/mol. The fourth-order valence-electron chi connectivity index (χ4n) is 10.1. The van der Waals surface area contributed by atoms with Crippen LogP contribution in [0.1, 0.15) is 354 Å². The Labute approximate surface area is 443 Å². The molecule has 0 bridgehead atoms. The van der Waals surface area contributed by atoms with Crippen LogP contribution >= 0.6 is 0 Å². The third-order valence-electron chi connectivity index (χ3n) is 15.0. The van der Waals surface area contributed by atoms with Gasteiger partial charge in [-0.1, -0.05) is 308 Å². The zero-order valence-electron chi connectivity index (χ0n) is 48.0. The number of unbranched alkanes of at least 4 members (excludes halogenated alkanes) is 45. The summed E-state index contributed by atoms with van der Waals surface area (Å²) in [7, 11) is 0. The number of ether oxygens (including phenoxy) is 1. The first kappa shape index (κ1) is 69.3. The van der Waals surface area contributed by atoms with Gasteiger partial charge in [0.15, 0.2) is 0 Å². The summed E-state index contributed by atoms with van der Waals surface area (Å²) in [4.78, 5) is 24.6. The summed E-state index contributed by atoms with van der Waals surface area (Å²) in [6, 6.07) is -0.542. The largest absolute Gasteiger partial charge is 0.466 e. The molecule has 0 aromatic rings. The van der Waals surface area contributed by atoms with E-state index in [2.05, 4.69) is 43.5 Å². The summed E-state index contributed by atoms with van der Waals surface area (Å²) in [6.45, 7) is 4.95. The predicted molar refractivity (Wildman–Crippen MR) is 310 cm³/mol. The van der Waals surface area contributed by atoms with Gasteiger partial charge in [0.1, 0.15) is 0 Å². The fourth-order valence-corrected chi connectivity index (χ4v) is 10.1. The zero-order valence-corrected chi connectivity index (χ0v) is 48.0. The van der Waals surface area contributed by atoms with Crippen LogP contribution in [0.4, 0.5) is 0 Å². The van der Waals surface area contributed by atoms with Crippen LogP contribution in [-0.2, 0) is 14.3 Å². The van der Waals surface area contributed by atoms with Crippen LogP contribution in [0.25, 0.3) is 0 Å². The highest BCUT2D eigenvalue weighted by molar-refractivity contribution is 5.76. The third kappa shape index (κ3) is 57.5. The lowest BCUT2D eigenvalue weighted by atomic mass is 10.0. The maximum atomic E-state index is 12.5. The molecule has 0 heterocycles. The second-order valence-electron chi connectivity index (χ2n) is 22.1. The van der Waals surface area contributed by atoms with E-state index in [1.165, 1.54) is 270 Å². The third-order valence-corrected chi connectivity index (χ3v) is 15.0. The lowest BCUT2D eigenvalue weighted by molar-refractivity contribution is -0.143. The van der Waals surface area contributed by atoms with E-state index < -0.39 is 12.1 Å². The van der Waals surface area contributed by atoms with Gasteiger partial charge >= 0.3 is 5.97 Å². The van der Waals surface area contributed by atoms with E-state index in [9.17, 15) is 19.8 Å². The standard InChI is InChI=1S/C65H125NO5/c1-3-5-7-9-11-13-15-17-19-20-24-28-31-35-39-43-47-51-55-59-65(70)71-60-56-52-48-44-40-36-32-29-26-23-21-22-25-27-30-34-38-42-46-50-54-58-64(69)66-62(61-67)63(68)57-53-49-45-41-37-33-18-16-14-12-10-8-6-4-2/h11,13,17,19,62-63,67-68H,3-10,12,14-16,18,20-61H2,1-2H3,(H,66,69)/b13-11-,19-17-.